The molecule has 0 bridgehead atoms. The highest BCUT2D eigenvalue weighted by molar-refractivity contribution is 7.71. The fourth-order valence-corrected chi connectivity index (χ4v) is 3.29. The van der Waals surface area contributed by atoms with Crippen LogP contribution in [-0.4, -0.2) is 9.55 Å². The van der Waals surface area contributed by atoms with E-state index in [-0.39, 0.29) is 0 Å². The maximum absolute atomic E-state index is 5.34. The van der Waals surface area contributed by atoms with Crippen molar-refractivity contribution in [1.29, 1.82) is 0 Å². The summed E-state index contributed by atoms with van der Waals surface area (Å²) in [5.41, 5.74) is 1.18. The highest BCUT2D eigenvalue weighted by Crippen LogP contribution is 2.34. The third-order valence-corrected chi connectivity index (χ3v) is 4.09. The van der Waals surface area contributed by atoms with Crippen molar-refractivity contribution in [3.8, 4) is 0 Å². The second kappa shape index (κ2) is 5.17. The number of aromatic amines is 1. The summed E-state index contributed by atoms with van der Waals surface area (Å²) in [6.45, 7) is 4.37. The van der Waals surface area contributed by atoms with E-state index in [1.807, 2.05) is 0 Å². The number of nitrogens with one attached hydrogen (secondary N) is 1. The number of hydrogen-bond donors (Lipinski definition) is 1. The summed E-state index contributed by atoms with van der Waals surface area (Å²) in [7, 11) is 0. The van der Waals surface area contributed by atoms with Gasteiger partial charge in [-0.1, -0.05) is 19.8 Å². The van der Waals surface area contributed by atoms with Gasteiger partial charge in [-0.15, -0.1) is 0 Å². The Balaban J connectivity index is 1.99. The van der Waals surface area contributed by atoms with Gasteiger partial charge in [-0.05, 0) is 50.7 Å². The van der Waals surface area contributed by atoms with Gasteiger partial charge in [0.2, 0.25) is 0 Å². The maximum Gasteiger partial charge on any atom is 0.177 e. The van der Waals surface area contributed by atoms with Gasteiger partial charge in [0.05, 0.1) is 0 Å². The Morgan fingerprint density at radius 3 is 2.56 bits per heavy atom. The van der Waals surface area contributed by atoms with Crippen molar-refractivity contribution in [3.05, 3.63) is 16.7 Å². The molecule has 1 aromatic rings. The predicted molar refractivity (Wildman–Crippen MR) is 70.3 cm³/mol. The van der Waals surface area contributed by atoms with Gasteiger partial charge in [0.25, 0.3) is 0 Å². The molecule has 2 rings (SSSR count). The number of imidazole rings is 1. The monoisotopic (exact) mass is 238 g/mol. The number of hydrogen-bond acceptors (Lipinski definition) is 1. The standard InChI is InChI=1S/C13H22N2S/c1-3-4-11-5-7-12(8-6-11)15-9-10(2)14-13(15)16/h9,11-12H,3-8H2,1-2H3,(H,14,16). The number of aromatic nitrogens is 2. The third kappa shape index (κ3) is 2.57. The Morgan fingerprint density at radius 1 is 1.38 bits per heavy atom. The van der Waals surface area contributed by atoms with Crippen molar-refractivity contribution in [2.75, 3.05) is 0 Å². The van der Waals surface area contributed by atoms with E-state index in [0.717, 1.165) is 10.7 Å². The molecule has 0 radical (unpaired) electrons. The molecule has 0 unspecified atom stereocenters. The number of rotatable bonds is 3. The molecule has 0 saturated heterocycles. The first-order chi connectivity index (χ1) is 7.70. The third-order valence-electron chi connectivity index (χ3n) is 3.78. The van der Waals surface area contributed by atoms with E-state index in [0.29, 0.717) is 6.04 Å². The molecule has 0 aromatic carbocycles. The first-order valence-electron chi connectivity index (χ1n) is 6.48. The molecule has 1 saturated carbocycles. The van der Waals surface area contributed by atoms with E-state index in [2.05, 4.69) is 29.6 Å². The van der Waals surface area contributed by atoms with Gasteiger partial charge in [0, 0.05) is 17.9 Å². The summed E-state index contributed by atoms with van der Waals surface area (Å²) in [5, 5.41) is 0. The summed E-state index contributed by atoms with van der Waals surface area (Å²) in [4.78, 5) is 3.22. The van der Waals surface area contributed by atoms with Crippen molar-refractivity contribution < 1.29 is 0 Å². The van der Waals surface area contributed by atoms with Crippen molar-refractivity contribution >= 4 is 12.2 Å². The van der Waals surface area contributed by atoms with Gasteiger partial charge < -0.3 is 9.55 Å². The van der Waals surface area contributed by atoms with Crippen LogP contribution in [0.5, 0.6) is 0 Å². The molecule has 1 aliphatic rings. The van der Waals surface area contributed by atoms with Crippen molar-refractivity contribution in [2.24, 2.45) is 5.92 Å². The lowest BCUT2D eigenvalue weighted by Crippen LogP contribution is -2.17. The van der Waals surface area contributed by atoms with Crippen LogP contribution in [0.3, 0.4) is 0 Å². The molecule has 0 aliphatic heterocycles. The van der Waals surface area contributed by atoms with Crippen LogP contribution in [0.25, 0.3) is 0 Å². The molecular formula is C13H22N2S. The molecule has 90 valence electrons. The van der Waals surface area contributed by atoms with Gasteiger partial charge >= 0.3 is 0 Å². The van der Waals surface area contributed by atoms with E-state index in [4.69, 9.17) is 12.2 Å². The normalized spacial score (nSPS) is 25.9. The molecule has 1 aromatic heterocycles. The van der Waals surface area contributed by atoms with Crippen LogP contribution in [0.1, 0.15) is 57.2 Å². The van der Waals surface area contributed by atoms with Crippen LogP contribution < -0.4 is 0 Å². The molecule has 1 aliphatic carbocycles. The second-order valence-electron chi connectivity index (χ2n) is 5.11. The molecule has 3 heteroatoms. The Labute approximate surface area is 103 Å². The SMILES string of the molecule is CCCC1CCC(n2cc(C)[nH]c2=S)CC1. The Kier molecular flexibility index (Phi) is 3.85. The fraction of sp³-hybridized carbons (Fsp3) is 0.769. The van der Waals surface area contributed by atoms with Crippen molar-refractivity contribution in [1.82, 2.24) is 9.55 Å². The van der Waals surface area contributed by atoms with E-state index in [9.17, 15) is 0 Å². The minimum atomic E-state index is 0.644. The quantitative estimate of drug-likeness (QED) is 0.775. The Morgan fingerprint density at radius 2 is 2.06 bits per heavy atom. The zero-order chi connectivity index (χ0) is 11.5. The molecule has 1 heterocycles. The molecule has 1 N–H and O–H groups in total. The summed E-state index contributed by atoms with van der Waals surface area (Å²) in [6, 6.07) is 0.644. The van der Waals surface area contributed by atoms with E-state index in [1.165, 1.54) is 44.2 Å². The molecule has 0 spiro atoms. The summed E-state index contributed by atoms with van der Waals surface area (Å²) >= 11 is 5.34. The van der Waals surface area contributed by atoms with Gasteiger partial charge in [-0.3, -0.25) is 0 Å². The van der Waals surface area contributed by atoms with E-state index < -0.39 is 0 Å². The van der Waals surface area contributed by atoms with Gasteiger partial charge in [0.15, 0.2) is 4.77 Å². The first-order valence-corrected chi connectivity index (χ1v) is 6.89. The highest BCUT2D eigenvalue weighted by Gasteiger charge is 2.22. The van der Waals surface area contributed by atoms with Crippen LogP contribution in [0.2, 0.25) is 0 Å². The number of aryl methyl sites for hydroxylation is 1. The minimum absolute atomic E-state index is 0.644. The number of nitrogens with zero attached hydrogens (tertiary/aromatic N) is 1. The first kappa shape index (κ1) is 11.9. The molecule has 0 atom stereocenters. The topological polar surface area (TPSA) is 20.7 Å². The van der Waals surface area contributed by atoms with Crippen molar-refractivity contribution in [3.63, 3.8) is 0 Å². The van der Waals surface area contributed by atoms with Crippen LogP contribution in [0.4, 0.5) is 0 Å². The van der Waals surface area contributed by atoms with Gasteiger partial charge in [-0.25, -0.2) is 0 Å². The van der Waals surface area contributed by atoms with Gasteiger partial charge in [0.1, 0.15) is 0 Å². The Bertz CT molecular complexity index is 383. The minimum Gasteiger partial charge on any atom is -0.335 e. The molecule has 0 amide bonds. The average Bonchev–Trinajstić information content (AvgIpc) is 2.59. The van der Waals surface area contributed by atoms with Crippen LogP contribution >= 0.6 is 12.2 Å². The largest absolute Gasteiger partial charge is 0.335 e. The smallest absolute Gasteiger partial charge is 0.177 e. The van der Waals surface area contributed by atoms with Crippen LogP contribution in [0, 0.1) is 17.6 Å². The zero-order valence-electron chi connectivity index (χ0n) is 10.3. The van der Waals surface area contributed by atoms with Gasteiger partial charge in [-0.2, -0.15) is 0 Å². The molecule has 2 nitrogen and oxygen atoms in total. The number of H-pyrrole nitrogens is 1. The summed E-state index contributed by atoms with van der Waals surface area (Å²) in [6.07, 6.45) is 10.3. The lowest BCUT2D eigenvalue weighted by atomic mass is 9.83. The van der Waals surface area contributed by atoms with Crippen molar-refractivity contribution in [2.45, 2.75) is 58.4 Å². The maximum atomic E-state index is 5.34. The fourth-order valence-electron chi connectivity index (χ4n) is 2.92. The predicted octanol–water partition coefficient (Wildman–Crippen LogP) is 4.39. The van der Waals surface area contributed by atoms with E-state index in [1.54, 1.807) is 0 Å². The zero-order valence-corrected chi connectivity index (χ0v) is 11.1. The molecule has 1 fully saturated rings. The lowest BCUT2D eigenvalue weighted by molar-refractivity contribution is 0.261. The van der Waals surface area contributed by atoms with Crippen LogP contribution in [-0.2, 0) is 0 Å². The Hall–Kier alpha value is -0.570. The molecular weight excluding hydrogens is 216 g/mol. The summed E-state index contributed by atoms with van der Waals surface area (Å²) in [5.74, 6) is 0.968. The summed E-state index contributed by atoms with van der Waals surface area (Å²) < 4.78 is 3.17. The van der Waals surface area contributed by atoms with Crippen LogP contribution in [0.15, 0.2) is 6.20 Å². The van der Waals surface area contributed by atoms with E-state index >= 15 is 0 Å². The average molecular weight is 238 g/mol. The lowest BCUT2D eigenvalue weighted by Gasteiger charge is -2.29. The second-order valence-corrected chi connectivity index (χ2v) is 5.50. The molecule has 16 heavy (non-hydrogen) atoms. The highest BCUT2D eigenvalue weighted by atomic mass is 32.1.